The van der Waals surface area contributed by atoms with Crippen LogP contribution in [0.4, 0.5) is 5.82 Å². The van der Waals surface area contributed by atoms with Crippen molar-refractivity contribution in [2.75, 3.05) is 25.0 Å². The highest BCUT2D eigenvalue weighted by Gasteiger charge is 2.34. The second-order valence-corrected chi connectivity index (χ2v) is 9.39. The molecule has 2 aliphatic heterocycles. The van der Waals surface area contributed by atoms with E-state index in [1.807, 2.05) is 74.5 Å². The first kappa shape index (κ1) is 23.0. The molecule has 1 saturated heterocycles. The van der Waals surface area contributed by atoms with Gasteiger partial charge in [0.1, 0.15) is 23.8 Å². The topological polar surface area (TPSA) is 90.5 Å². The van der Waals surface area contributed by atoms with Crippen LogP contribution in [0, 0.1) is 5.92 Å². The minimum atomic E-state index is -0.467. The maximum Gasteiger partial charge on any atom is 0.246 e. The van der Waals surface area contributed by atoms with Crippen molar-refractivity contribution in [2.24, 2.45) is 5.92 Å². The van der Waals surface area contributed by atoms with E-state index in [2.05, 4.69) is 15.5 Å². The molecule has 2 aliphatic rings. The number of piperazine rings is 1. The molecule has 1 aromatic heterocycles. The fourth-order valence-electron chi connectivity index (χ4n) is 4.61. The molecule has 3 heterocycles. The Kier molecular flexibility index (Phi) is 6.46. The Balaban J connectivity index is 1.42. The quantitative estimate of drug-likeness (QED) is 0.572. The second-order valence-electron chi connectivity index (χ2n) is 9.39. The van der Waals surface area contributed by atoms with Gasteiger partial charge in [0.15, 0.2) is 0 Å². The molecular weight excluding hydrogens is 440 g/mol. The first-order valence-corrected chi connectivity index (χ1v) is 12.1. The van der Waals surface area contributed by atoms with Gasteiger partial charge in [0.05, 0.1) is 18.6 Å². The van der Waals surface area contributed by atoms with Gasteiger partial charge in [-0.1, -0.05) is 56.3 Å². The van der Waals surface area contributed by atoms with Gasteiger partial charge in [0.2, 0.25) is 11.8 Å². The van der Waals surface area contributed by atoms with Crippen LogP contribution in [0.15, 0.2) is 60.7 Å². The largest absolute Gasteiger partial charge is 0.358 e. The maximum atomic E-state index is 13.4. The van der Waals surface area contributed by atoms with Crippen LogP contribution in [-0.2, 0) is 16.1 Å². The fourth-order valence-corrected chi connectivity index (χ4v) is 4.61. The standard InChI is InChI=1S/C27H30N6O2/c1-18(2)25-27(35)30-23-17-33(24(34)13-12-19-8-4-3-5-9-19)15-14-32(23)16-22-28-21-11-7-6-10-20(21)26(29-22)31-25/h3-13,18,23,25H,14-17H2,1-2H3,(H,30,35)(H,28,29,31)/b13-12+/t23?,25-/m0/s1. The first-order chi connectivity index (χ1) is 17.0. The average Bonchev–Trinajstić information content (AvgIpc) is 2.86. The monoisotopic (exact) mass is 470 g/mol. The summed E-state index contributed by atoms with van der Waals surface area (Å²) in [7, 11) is 0. The molecule has 2 N–H and O–H groups in total. The molecule has 2 amide bonds. The molecule has 2 atom stereocenters. The number of carbonyl (C=O) groups excluding carboxylic acids is 2. The third kappa shape index (κ3) is 5.02. The minimum absolute atomic E-state index is 0.0372. The van der Waals surface area contributed by atoms with Crippen LogP contribution in [0.2, 0.25) is 0 Å². The molecule has 1 fully saturated rings. The lowest BCUT2D eigenvalue weighted by molar-refractivity contribution is -0.133. The van der Waals surface area contributed by atoms with E-state index in [1.165, 1.54) is 0 Å². The molecule has 5 rings (SSSR count). The Morgan fingerprint density at radius 2 is 1.80 bits per heavy atom. The third-order valence-corrected chi connectivity index (χ3v) is 6.57. The van der Waals surface area contributed by atoms with Gasteiger partial charge >= 0.3 is 0 Å². The number of rotatable bonds is 3. The van der Waals surface area contributed by atoms with Crippen molar-refractivity contribution in [3.05, 3.63) is 72.1 Å². The Labute approximate surface area is 205 Å². The number of fused-ring (bicyclic) bond motifs is 5. The van der Waals surface area contributed by atoms with Crippen LogP contribution in [0.3, 0.4) is 0 Å². The van der Waals surface area contributed by atoms with E-state index in [0.29, 0.717) is 37.8 Å². The molecule has 0 spiro atoms. The lowest BCUT2D eigenvalue weighted by Crippen LogP contribution is -2.62. The van der Waals surface area contributed by atoms with Crippen molar-refractivity contribution in [1.82, 2.24) is 25.1 Å². The van der Waals surface area contributed by atoms with Crippen molar-refractivity contribution in [2.45, 2.75) is 32.6 Å². The molecule has 180 valence electrons. The Hall–Kier alpha value is -3.78. The van der Waals surface area contributed by atoms with Gasteiger partial charge in [-0.2, -0.15) is 0 Å². The number of para-hydroxylation sites is 1. The Bertz CT molecular complexity index is 1260. The summed E-state index contributed by atoms with van der Waals surface area (Å²) >= 11 is 0. The molecule has 2 aromatic carbocycles. The van der Waals surface area contributed by atoms with Gasteiger partial charge in [-0.05, 0) is 29.7 Å². The van der Waals surface area contributed by atoms with Crippen LogP contribution in [0.25, 0.3) is 17.0 Å². The zero-order valence-corrected chi connectivity index (χ0v) is 20.0. The molecular formula is C27H30N6O2. The van der Waals surface area contributed by atoms with Gasteiger partial charge < -0.3 is 15.5 Å². The number of anilines is 1. The van der Waals surface area contributed by atoms with Crippen LogP contribution in [0.1, 0.15) is 25.2 Å². The number of carbonyl (C=O) groups is 2. The number of nitrogens with one attached hydrogen (secondary N) is 2. The summed E-state index contributed by atoms with van der Waals surface area (Å²) in [5.41, 5.74) is 1.82. The molecule has 8 nitrogen and oxygen atoms in total. The van der Waals surface area contributed by atoms with Gasteiger partial charge in [-0.25, -0.2) is 9.97 Å². The minimum Gasteiger partial charge on any atom is -0.358 e. The number of hydrogen-bond donors (Lipinski definition) is 2. The van der Waals surface area contributed by atoms with Crippen LogP contribution in [0.5, 0.6) is 0 Å². The Morgan fingerprint density at radius 3 is 2.60 bits per heavy atom. The molecule has 0 aliphatic carbocycles. The summed E-state index contributed by atoms with van der Waals surface area (Å²) in [5.74, 6) is 1.24. The molecule has 8 heteroatoms. The number of aromatic nitrogens is 2. The lowest BCUT2D eigenvalue weighted by atomic mass is 10.0. The normalized spacial score (nSPS) is 21.0. The molecule has 0 saturated carbocycles. The van der Waals surface area contributed by atoms with Crippen molar-refractivity contribution in [3.63, 3.8) is 0 Å². The zero-order chi connectivity index (χ0) is 24.4. The Morgan fingerprint density at radius 1 is 1.03 bits per heavy atom. The summed E-state index contributed by atoms with van der Waals surface area (Å²) in [6.07, 6.45) is 3.10. The van der Waals surface area contributed by atoms with Crippen LogP contribution < -0.4 is 10.6 Å². The van der Waals surface area contributed by atoms with Crippen LogP contribution >= 0.6 is 0 Å². The summed E-state index contributed by atoms with van der Waals surface area (Å²) in [5, 5.41) is 7.46. The summed E-state index contributed by atoms with van der Waals surface area (Å²) in [6.45, 7) is 6.08. The second kappa shape index (κ2) is 9.84. The average molecular weight is 471 g/mol. The predicted octanol–water partition coefficient (Wildman–Crippen LogP) is 2.88. The van der Waals surface area contributed by atoms with E-state index in [-0.39, 0.29) is 23.9 Å². The van der Waals surface area contributed by atoms with Gasteiger partial charge in [-0.15, -0.1) is 0 Å². The number of amides is 2. The van der Waals surface area contributed by atoms with Gasteiger partial charge in [0, 0.05) is 24.6 Å². The highest BCUT2D eigenvalue weighted by molar-refractivity contribution is 5.93. The summed E-state index contributed by atoms with van der Waals surface area (Å²) < 4.78 is 0. The van der Waals surface area contributed by atoms with E-state index in [4.69, 9.17) is 9.97 Å². The predicted molar refractivity (Wildman–Crippen MR) is 136 cm³/mol. The van der Waals surface area contributed by atoms with Crippen molar-refractivity contribution < 1.29 is 9.59 Å². The van der Waals surface area contributed by atoms with Gasteiger partial charge in [0.25, 0.3) is 0 Å². The SMILES string of the molecule is CC(C)[C@@H]1Nc2nc(nc3ccccc23)CN2CCN(C(=O)/C=C/c3ccccc3)CC2NC1=O. The summed E-state index contributed by atoms with van der Waals surface area (Å²) in [4.78, 5) is 39.8. The molecule has 35 heavy (non-hydrogen) atoms. The van der Waals surface area contributed by atoms with Gasteiger partial charge in [-0.3, -0.25) is 14.5 Å². The van der Waals surface area contributed by atoms with E-state index >= 15 is 0 Å². The molecule has 0 radical (unpaired) electrons. The van der Waals surface area contributed by atoms with E-state index in [0.717, 1.165) is 16.5 Å². The first-order valence-electron chi connectivity index (χ1n) is 12.1. The van der Waals surface area contributed by atoms with E-state index in [1.54, 1.807) is 11.0 Å². The smallest absolute Gasteiger partial charge is 0.246 e. The molecule has 2 bridgehead atoms. The highest BCUT2D eigenvalue weighted by Crippen LogP contribution is 2.24. The lowest BCUT2D eigenvalue weighted by Gasteiger charge is -2.42. The zero-order valence-electron chi connectivity index (χ0n) is 20.0. The number of benzene rings is 2. The van der Waals surface area contributed by atoms with Crippen molar-refractivity contribution in [1.29, 1.82) is 0 Å². The fraction of sp³-hybridized carbons (Fsp3) is 0.333. The third-order valence-electron chi connectivity index (χ3n) is 6.57. The van der Waals surface area contributed by atoms with Crippen molar-refractivity contribution in [3.8, 4) is 0 Å². The summed E-state index contributed by atoms with van der Waals surface area (Å²) in [6, 6.07) is 17.1. The van der Waals surface area contributed by atoms with Crippen molar-refractivity contribution >= 4 is 34.6 Å². The van der Waals surface area contributed by atoms with E-state index < -0.39 is 6.04 Å². The molecule has 1 unspecified atom stereocenters. The number of nitrogens with zero attached hydrogens (tertiary/aromatic N) is 4. The molecule has 3 aromatic rings. The maximum absolute atomic E-state index is 13.4. The van der Waals surface area contributed by atoms with E-state index in [9.17, 15) is 9.59 Å². The number of hydrogen-bond acceptors (Lipinski definition) is 6. The highest BCUT2D eigenvalue weighted by atomic mass is 16.2. The van der Waals surface area contributed by atoms with Crippen LogP contribution in [-0.4, -0.2) is 63.4 Å².